The number of aromatic nitrogens is 1. The smallest absolute Gasteiger partial charge is 0.203 e. The molecule has 2 aromatic carbocycles. The van der Waals surface area contributed by atoms with Crippen molar-refractivity contribution in [3.8, 4) is 17.0 Å². The van der Waals surface area contributed by atoms with E-state index < -0.39 is 0 Å². The molecule has 3 aromatic rings. The number of hydrogen-bond donors (Lipinski definition) is 1. The van der Waals surface area contributed by atoms with Gasteiger partial charge >= 0.3 is 0 Å². The lowest BCUT2D eigenvalue weighted by Gasteiger charge is -2.04. The van der Waals surface area contributed by atoms with Crippen molar-refractivity contribution in [2.75, 3.05) is 12.0 Å². The van der Waals surface area contributed by atoms with Gasteiger partial charge in [-0.1, -0.05) is 31.2 Å². The normalized spacial score (nSPS) is 11.0. The molecule has 4 nitrogen and oxygen atoms in total. The molecule has 3 rings (SSSR count). The molecular formula is C21H23N3OS. The first-order chi connectivity index (χ1) is 12.7. The minimum absolute atomic E-state index is 0.721. The van der Waals surface area contributed by atoms with Crippen LogP contribution in [-0.2, 0) is 0 Å². The monoisotopic (exact) mass is 365 g/mol. The topological polar surface area (TPSA) is 46.5 Å². The summed E-state index contributed by atoms with van der Waals surface area (Å²) in [5, 5.41) is 7.10. The number of hydrogen-bond acceptors (Lipinski definition) is 5. The van der Waals surface area contributed by atoms with Crippen molar-refractivity contribution >= 4 is 22.7 Å². The van der Waals surface area contributed by atoms with Gasteiger partial charge in [0.25, 0.3) is 0 Å². The summed E-state index contributed by atoms with van der Waals surface area (Å²) in [6.45, 7) is 7.05. The maximum atomic E-state index is 5.64. The molecule has 0 spiro atoms. The van der Waals surface area contributed by atoms with Gasteiger partial charge in [0.05, 0.1) is 18.5 Å². The van der Waals surface area contributed by atoms with Gasteiger partial charge in [0, 0.05) is 10.9 Å². The summed E-state index contributed by atoms with van der Waals surface area (Å²) in [5.74, 6) is 0.863. The van der Waals surface area contributed by atoms with Crippen molar-refractivity contribution in [3.05, 3.63) is 64.5 Å². The van der Waals surface area contributed by atoms with Gasteiger partial charge in [0.15, 0.2) is 0 Å². The van der Waals surface area contributed by atoms with Crippen molar-refractivity contribution in [3.63, 3.8) is 0 Å². The van der Waals surface area contributed by atoms with E-state index in [2.05, 4.69) is 54.5 Å². The summed E-state index contributed by atoms with van der Waals surface area (Å²) in [6.07, 6.45) is 2.77. The second kappa shape index (κ2) is 8.63. The fourth-order valence-electron chi connectivity index (χ4n) is 2.43. The van der Waals surface area contributed by atoms with E-state index in [0.717, 1.165) is 40.7 Å². The lowest BCUT2D eigenvalue weighted by atomic mass is 10.1. The van der Waals surface area contributed by atoms with E-state index in [0.29, 0.717) is 0 Å². The van der Waals surface area contributed by atoms with Crippen LogP contribution in [0.25, 0.3) is 11.3 Å². The maximum absolute atomic E-state index is 5.64. The Morgan fingerprint density at radius 1 is 1.15 bits per heavy atom. The predicted octanol–water partition coefficient (Wildman–Crippen LogP) is 5.66. The summed E-state index contributed by atoms with van der Waals surface area (Å²) < 4.78 is 5.64. The van der Waals surface area contributed by atoms with Gasteiger partial charge in [-0.25, -0.2) is 4.98 Å². The first-order valence-corrected chi connectivity index (χ1v) is 9.59. The number of anilines is 1. The first kappa shape index (κ1) is 18.1. The van der Waals surface area contributed by atoms with E-state index in [1.165, 1.54) is 11.1 Å². The van der Waals surface area contributed by atoms with Gasteiger partial charge in [-0.15, -0.1) is 11.3 Å². The molecule has 1 N–H and O–H groups in total. The van der Waals surface area contributed by atoms with Crippen LogP contribution in [-0.4, -0.2) is 17.8 Å². The Kier molecular flexibility index (Phi) is 6.02. The van der Waals surface area contributed by atoms with E-state index >= 15 is 0 Å². The zero-order valence-electron chi connectivity index (χ0n) is 15.3. The third-order valence-electron chi connectivity index (χ3n) is 4.01. The van der Waals surface area contributed by atoms with Crippen molar-refractivity contribution in [2.24, 2.45) is 5.10 Å². The highest BCUT2D eigenvalue weighted by Crippen LogP contribution is 2.26. The zero-order chi connectivity index (χ0) is 18.4. The Bertz CT molecular complexity index is 902. The number of nitrogens with one attached hydrogen (secondary N) is 1. The SMILES string of the molecule is CCCOc1cccc(/C=N\Nc2nc(-c3ccc(C)c(C)c3)cs2)c1. The van der Waals surface area contributed by atoms with Crippen LogP contribution in [0.5, 0.6) is 5.75 Å². The number of nitrogens with zero attached hydrogens (tertiary/aromatic N) is 2. The van der Waals surface area contributed by atoms with E-state index in [1.807, 2.05) is 29.6 Å². The number of aryl methyl sites for hydroxylation is 2. The van der Waals surface area contributed by atoms with Gasteiger partial charge in [0.1, 0.15) is 5.75 Å². The Morgan fingerprint density at radius 3 is 2.85 bits per heavy atom. The molecule has 0 saturated heterocycles. The first-order valence-electron chi connectivity index (χ1n) is 8.71. The summed E-state index contributed by atoms with van der Waals surface area (Å²) in [6, 6.07) is 14.3. The highest BCUT2D eigenvalue weighted by Gasteiger charge is 2.05. The molecule has 26 heavy (non-hydrogen) atoms. The van der Waals surface area contributed by atoms with Crippen LogP contribution in [0.3, 0.4) is 0 Å². The second-order valence-electron chi connectivity index (χ2n) is 6.13. The Labute approximate surface area is 158 Å². The summed E-state index contributed by atoms with van der Waals surface area (Å²) in [7, 11) is 0. The summed E-state index contributed by atoms with van der Waals surface area (Å²) in [5.41, 5.74) is 8.64. The lowest BCUT2D eigenvalue weighted by Crippen LogP contribution is -1.96. The van der Waals surface area contributed by atoms with Crippen LogP contribution < -0.4 is 10.2 Å². The molecule has 0 aliphatic heterocycles. The van der Waals surface area contributed by atoms with E-state index in [1.54, 1.807) is 17.6 Å². The van der Waals surface area contributed by atoms with Crippen LogP contribution in [0.4, 0.5) is 5.13 Å². The molecule has 0 bridgehead atoms. The highest BCUT2D eigenvalue weighted by molar-refractivity contribution is 7.14. The second-order valence-corrected chi connectivity index (χ2v) is 6.99. The van der Waals surface area contributed by atoms with Gasteiger partial charge < -0.3 is 4.74 Å². The number of ether oxygens (including phenoxy) is 1. The number of rotatable bonds is 7. The van der Waals surface area contributed by atoms with Crippen LogP contribution in [0.15, 0.2) is 52.9 Å². The van der Waals surface area contributed by atoms with E-state index in [4.69, 9.17) is 4.74 Å². The molecule has 134 valence electrons. The molecule has 5 heteroatoms. The minimum atomic E-state index is 0.721. The maximum Gasteiger partial charge on any atom is 0.203 e. The fraction of sp³-hybridized carbons (Fsp3) is 0.238. The fourth-order valence-corrected chi connectivity index (χ4v) is 3.09. The molecule has 0 radical (unpaired) electrons. The Hall–Kier alpha value is -2.66. The largest absolute Gasteiger partial charge is 0.494 e. The molecule has 0 amide bonds. The third-order valence-corrected chi connectivity index (χ3v) is 4.76. The quantitative estimate of drug-likeness (QED) is 0.434. The average Bonchev–Trinajstić information content (AvgIpc) is 3.11. The van der Waals surface area contributed by atoms with Crippen molar-refractivity contribution in [2.45, 2.75) is 27.2 Å². The predicted molar refractivity (Wildman–Crippen MR) is 110 cm³/mol. The number of hydrazone groups is 1. The van der Waals surface area contributed by atoms with Gasteiger partial charge in [-0.3, -0.25) is 5.43 Å². The molecule has 0 fully saturated rings. The molecular weight excluding hydrogens is 342 g/mol. The van der Waals surface area contributed by atoms with Gasteiger partial charge in [0.2, 0.25) is 5.13 Å². The average molecular weight is 366 g/mol. The standard InChI is InChI=1S/C21H23N3OS/c1-4-10-25-19-7-5-6-17(12-19)13-22-24-21-23-20(14-26-21)18-9-8-15(2)16(3)11-18/h5-9,11-14H,4,10H2,1-3H3,(H,23,24)/b22-13-. The minimum Gasteiger partial charge on any atom is -0.494 e. The lowest BCUT2D eigenvalue weighted by molar-refractivity contribution is 0.317. The van der Waals surface area contributed by atoms with Gasteiger partial charge in [-0.05, 0) is 55.2 Å². The van der Waals surface area contributed by atoms with Crippen molar-refractivity contribution in [1.82, 2.24) is 4.98 Å². The van der Waals surface area contributed by atoms with Crippen LogP contribution >= 0.6 is 11.3 Å². The molecule has 0 atom stereocenters. The molecule has 0 aliphatic rings. The zero-order valence-corrected chi connectivity index (χ0v) is 16.1. The van der Waals surface area contributed by atoms with E-state index in [-0.39, 0.29) is 0 Å². The van der Waals surface area contributed by atoms with E-state index in [9.17, 15) is 0 Å². The summed E-state index contributed by atoms with van der Waals surface area (Å²) >= 11 is 1.54. The Morgan fingerprint density at radius 2 is 2.04 bits per heavy atom. The number of thiazole rings is 1. The third kappa shape index (κ3) is 4.70. The molecule has 0 saturated carbocycles. The molecule has 0 unspecified atom stereocenters. The highest BCUT2D eigenvalue weighted by atomic mass is 32.1. The van der Waals surface area contributed by atoms with Crippen LogP contribution in [0.2, 0.25) is 0 Å². The van der Waals surface area contributed by atoms with Crippen LogP contribution in [0.1, 0.15) is 30.0 Å². The molecule has 1 heterocycles. The molecule has 1 aromatic heterocycles. The van der Waals surface area contributed by atoms with Gasteiger partial charge in [-0.2, -0.15) is 5.10 Å². The number of benzene rings is 2. The van der Waals surface area contributed by atoms with Crippen LogP contribution in [0, 0.1) is 13.8 Å². The Balaban J connectivity index is 1.64. The molecule has 0 aliphatic carbocycles. The van der Waals surface area contributed by atoms with Crippen molar-refractivity contribution < 1.29 is 4.74 Å². The van der Waals surface area contributed by atoms with Crippen molar-refractivity contribution in [1.29, 1.82) is 0 Å². The summed E-state index contributed by atoms with van der Waals surface area (Å²) in [4.78, 5) is 4.61.